The lowest BCUT2D eigenvalue weighted by Gasteiger charge is -2.39. The van der Waals surface area contributed by atoms with Gasteiger partial charge in [-0.15, -0.1) is 0 Å². The molecule has 9 aromatic rings. The fourth-order valence-electron chi connectivity index (χ4n) is 8.76. The molecule has 0 saturated heterocycles. The molecule has 0 bridgehead atoms. The minimum Gasteiger partial charge on any atom is -0.457 e. The smallest absolute Gasteiger partial charge is 0.164 e. The van der Waals surface area contributed by atoms with E-state index >= 15 is 0 Å². The molecule has 0 radical (unpaired) electrons. The van der Waals surface area contributed by atoms with E-state index in [1.165, 1.54) is 38.9 Å². The summed E-state index contributed by atoms with van der Waals surface area (Å²) in [5.74, 6) is 3.61. The predicted octanol–water partition coefficient (Wildman–Crippen LogP) is 13.0. The van der Waals surface area contributed by atoms with Gasteiger partial charge in [0, 0.05) is 27.8 Å². The second-order valence-corrected chi connectivity index (χ2v) is 14.8. The summed E-state index contributed by atoms with van der Waals surface area (Å²) in [6.45, 7) is 2.11. The Labute approximate surface area is 331 Å². The molecule has 11 rings (SSSR count). The van der Waals surface area contributed by atoms with Gasteiger partial charge in [-0.2, -0.15) is 0 Å². The first-order valence-electron chi connectivity index (χ1n) is 19.3. The Hall–Kier alpha value is -7.43. The molecule has 0 saturated carbocycles. The van der Waals surface area contributed by atoms with Crippen molar-refractivity contribution in [2.75, 3.05) is 0 Å². The first kappa shape index (κ1) is 33.0. The molecule has 0 N–H and O–H groups in total. The van der Waals surface area contributed by atoms with Gasteiger partial charge < -0.3 is 4.74 Å². The van der Waals surface area contributed by atoms with Crippen molar-refractivity contribution < 1.29 is 4.74 Å². The van der Waals surface area contributed by atoms with Crippen LogP contribution in [0.5, 0.6) is 11.5 Å². The molecule has 0 atom stereocenters. The van der Waals surface area contributed by atoms with Gasteiger partial charge >= 0.3 is 0 Å². The summed E-state index contributed by atoms with van der Waals surface area (Å²) in [5, 5.41) is 0. The van der Waals surface area contributed by atoms with Crippen molar-refractivity contribution in [3.8, 4) is 79.0 Å². The van der Waals surface area contributed by atoms with Crippen molar-refractivity contribution in [2.45, 2.75) is 12.3 Å². The molecule has 0 fully saturated rings. The molecule has 268 valence electrons. The van der Waals surface area contributed by atoms with Crippen LogP contribution in [-0.2, 0) is 5.41 Å². The van der Waals surface area contributed by atoms with Crippen LogP contribution in [0.3, 0.4) is 0 Å². The molecule has 2 aliphatic rings. The Morgan fingerprint density at radius 1 is 0.333 bits per heavy atom. The summed E-state index contributed by atoms with van der Waals surface area (Å²) in [5.41, 5.74) is 15.3. The van der Waals surface area contributed by atoms with Crippen LogP contribution in [0.2, 0.25) is 0 Å². The van der Waals surface area contributed by atoms with Gasteiger partial charge in [0.05, 0.1) is 5.41 Å². The fourth-order valence-corrected chi connectivity index (χ4v) is 8.76. The predicted molar refractivity (Wildman–Crippen MR) is 229 cm³/mol. The maximum atomic E-state index is 6.57. The van der Waals surface area contributed by atoms with Crippen LogP contribution in [0.4, 0.5) is 0 Å². The first-order chi connectivity index (χ1) is 28.1. The molecule has 4 nitrogen and oxygen atoms in total. The average molecular weight is 730 g/mol. The summed E-state index contributed by atoms with van der Waals surface area (Å²) in [6.07, 6.45) is 0. The molecule has 0 amide bonds. The second-order valence-electron chi connectivity index (χ2n) is 14.8. The Balaban J connectivity index is 1.04. The molecule has 1 spiro atoms. The van der Waals surface area contributed by atoms with E-state index in [0.29, 0.717) is 17.5 Å². The number of aryl methyl sites for hydroxylation is 1. The lowest BCUT2D eigenvalue weighted by atomic mass is 9.66. The highest BCUT2D eigenvalue weighted by atomic mass is 16.5. The number of hydrogen-bond donors (Lipinski definition) is 0. The Morgan fingerprint density at radius 3 is 1.32 bits per heavy atom. The lowest BCUT2D eigenvalue weighted by Crippen LogP contribution is -2.32. The van der Waals surface area contributed by atoms with Crippen molar-refractivity contribution >= 4 is 0 Å². The van der Waals surface area contributed by atoms with Gasteiger partial charge in [0.2, 0.25) is 0 Å². The SMILES string of the molecule is Cc1ccc(-c2ccc(-c3ccc(-c4nc(-c5ccccc5)nc(-c5ccc6c(c5)C5(c7ccccc7Oc7ccccc75)c5ccccc5-6)n4)cc3)cc2)cc1. The van der Waals surface area contributed by atoms with Crippen LogP contribution in [-0.4, -0.2) is 15.0 Å². The molecule has 1 aliphatic heterocycles. The van der Waals surface area contributed by atoms with Crippen LogP contribution < -0.4 is 4.74 Å². The highest BCUT2D eigenvalue weighted by Gasteiger charge is 2.51. The van der Waals surface area contributed by atoms with Gasteiger partial charge in [0.15, 0.2) is 17.5 Å². The summed E-state index contributed by atoms with van der Waals surface area (Å²) in [7, 11) is 0. The van der Waals surface area contributed by atoms with Crippen molar-refractivity contribution in [2.24, 2.45) is 0 Å². The molecule has 1 aromatic heterocycles. The Morgan fingerprint density at radius 2 is 0.737 bits per heavy atom. The highest BCUT2D eigenvalue weighted by molar-refractivity contribution is 5.90. The Bertz CT molecular complexity index is 2930. The summed E-state index contributed by atoms with van der Waals surface area (Å²) in [6, 6.07) is 68.5. The molecule has 8 aromatic carbocycles. The third-order valence-electron chi connectivity index (χ3n) is 11.5. The van der Waals surface area contributed by atoms with E-state index in [4.69, 9.17) is 19.7 Å². The zero-order valence-electron chi connectivity index (χ0n) is 31.2. The summed E-state index contributed by atoms with van der Waals surface area (Å²) < 4.78 is 6.57. The molecule has 0 unspecified atom stereocenters. The van der Waals surface area contributed by atoms with E-state index in [0.717, 1.165) is 50.4 Å². The lowest BCUT2D eigenvalue weighted by molar-refractivity contribution is 0.436. The zero-order chi connectivity index (χ0) is 37.9. The van der Waals surface area contributed by atoms with Crippen molar-refractivity contribution in [1.29, 1.82) is 0 Å². The van der Waals surface area contributed by atoms with Crippen molar-refractivity contribution in [1.82, 2.24) is 15.0 Å². The largest absolute Gasteiger partial charge is 0.457 e. The molecule has 57 heavy (non-hydrogen) atoms. The number of rotatable bonds is 5. The quantitative estimate of drug-likeness (QED) is 0.177. The van der Waals surface area contributed by atoms with Gasteiger partial charge in [-0.3, -0.25) is 0 Å². The number of para-hydroxylation sites is 2. The van der Waals surface area contributed by atoms with E-state index < -0.39 is 5.41 Å². The monoisotopic (exact) mass is 729 g/mol. The van der Waals surface area contributed by atoms with Gasteiger partial charge in [-0.05, 0) is 69.6 Å². The third-order valence-corrected chi connectivity index (χ3v) is 11.5. The van der Waals surface area contributed by atoms with E-state index in [1.807, 2.05) is 30.3 Å². The van der Waals surface area contributed by atoms with E-state index in [-0.39, 0.29) is 0 Å². The fraction of sp³-hybridized carbons (Fsp3) is 0.0377. The van der Waals surface area contributed by atoms with E-state index in [2.05, 4.69) is 171 Å². The highest BCUT2D eigenvalue weighted by Crippen LogP contribution is 2.62. The average Bonchev–Trinajstić information content (AvgIpc) is 3.57. The van der Waals surface area contributed by atoms with Crippen LogP contribution in [0.1, 0.15) is 27.8 Å². The molecule has 4 heteroatoms. The number of fused-ring (bicyclic) bond motifs is 9. The van der Waals surface area contributed by atoms with Crippen molar-refractivity contribution in [3.05, 3.63) is 222 Å². The normalized spacial score (nSPS) is 12.9. The number of aromatic nitrogens is 3. The van der Waals surface area contributed by atoms with Gasteiger partial charge in [-0.1, -0.05) is 181 Å². The number of nitrogens with zero attached hydrogens (tertiary/aromatic N) is 3. The topological polar surface area (TPSA) is 47.9 Å². The van der Waals surface area contributed by atoms with Gasteiger partial charge in [-0.25, -0.2) is 15.0 Å². The summed E-state index contributed by atoms with van der Waals surface area (Å²) >= 11 is 0. The minimum absolute atomic E-state index is 0.584. The standard InChI is InChI=1S/C53H35N3O/c1-34-19-21-35(22-20-34)36-23-25-37(26-24-36)38-27-29-40(30-28-38)51-54-50(39-11-3-2-4-12-39)55-52(56-51)41-31-32-43-42-13-5-6-14-44(42)53(47(43)33-41)45-15-7-9-17-48(45)57-49-18-10-8-16-46(49)53/h2-33H,1H3. The third kappa shape index (κ3) is 5.33. The van der Waals surface area contributed by atoms with Crippen LogP contribution in [0.15, 0.2) is 194 Å². The van der Waals surface area contributed by atoms with Crippen molar-refractivity contribution in [3.63, 3.8) is 0 Å². The second kappa shape index (κ2) is 13.1. The molecular formula is C53H35N3O. The zero-order valence-corrected chi connectivity index (χ0v) is 31.2. The van der Waals surface area contributed by atoms with Crippen LogP contribution >= 0.6 is 0 Å². The van der Waals surface area contributed by atoms with Gasteiger partial charge in [0.1, 0.15) is 11.5 Å². The maximum absolute atomic E-state index is 6.57. The maximum Gasteiger partial charge on any atom is 0.164 e. The van der Waals surface area contributed by atoms with E-state index in [1.54, 1.807) is 0 Å². The van der Waals surface area contributed by atoms with Crippen LogP contribution in [0.25, 0.3) is 67.5 Å². The Kier molecular flexibility index (Phi) is 7.58. The summed E-state index contributed by atoms with van der Waals surface area (Å²) in [4.78, 5) is 15.4. The number of hydrogen-bond acceptors (Lipinski definition) is 4. The van der Waals surface area contributed by atoms with E-state index in [9.17, 15) is 0 Å². The minimum atomic E-state index is -0.584. The number of benzene rings is 8. The molecule has 2 heterocycles. The van der Waals surface area contributed by atoms with Gasteiger partial charge in [0.25, 0.3) is 0 Å². The van der Waals surface area contributed by atoms with Crippen LogP contribution in [0, 0.1) is 6.92 Å². The molecule has 1 aliphatic carbocycles. The molecular weight excluding hydrogens is 695 g/mol. The first-order valence-corrected chi connectivity index (χ1v) is 19.3. The number of ether oxygens (including phenoxy) is 1.